The van der Waals surface area contributed by atoms with Crippen LogP contribution in [0.1, 0.15) is 36.6 Å². The van der Waals surface area contributed by atoms with E-state index in [9.17, 15) is 0 Å². The largest absolute Gasteiger partial charge is 0.333 e. The monoisotopic (exact) mass is 241 g/mol. The summed E-state index contributed by atoms with van der Waals surface area (Å²) in [5.41, 5.74) is 8.58. The molecule has 1 atom stereocenters. The van der Waals surface area contributed by atoms with Gasteiger partial charge >= 0.3 is 0 Å². The summed E-state index contributed by atoms with van der Waals surface area (Å²) in [4.78, 5) is 4.25. The van der Waals surface area contributed by atoms with Crippen LogP contribution in [0.25, 0.3) is 0 Å². The zero-order chi connectivity index (χ0) is 12.4. The molecule has 1 saturated carbocycles. The van der Waals surface area contributed by atoms with E-state index >= 15 is 0 Å². The summed E-state index contributed by atoms with van der Waals surface area (Å²) in [5, 5.41) is 0. The van der Waals surface area contributed by atoms with Crippen LogP contribution < -0.4 is 5.73 Å². The van der Waals surface area contributed by atoms with Crippen molar-refractivity contribution in [2.45, 2.75) is 31.8 Å². The Morgan fingerprint density at radius 2 is 2.06 bits per heavy atom. The predicted molar refractivity (Wildman–Crippen MR) is 72.0 cm³/mol. The minimum Gasteiger partial charge on any atom is -0.333 e. The average molecular weight is 241 g/mol. The molecule has 1 aliphatic carbocycles. The molecule has 2 aromatic rings. The molecule has 0 aliphatic heterocycles. The zero-order valence-corrected chi connectivity index (χ0v) is 10.5. The van der Waals surface area contributed by atoms with Crippen molar-refractivity contribution >= 4 is 0 Å². The van der Waals surface area contributed by atoms with Crippen LogP contribution in [-0.4, -0.2) is 9.55 Å². The van der Waals surface area contributed by atoms with Gasteiger partial charge in [0.25, 0.3) is 0 Å². The fourth-order valence-electron chi connectivity index (χ4n) is 2.34. The summed E-state index contributed by atoms with van der Waals surface area (Å²) in [5.74, 6) is 0.938. The third-order valence-corrected chi connectivity index (χ3v) is 3.70. The van der Waals surface area contributed by atoms with Gasteiger partial charge in [-0.3, -0.25) is 0 Å². The first-order valence-electron chi connectivity index (χ1n) is 6.65. The van der Waals surface area contributed by atoms with Crippen LogP contribution in [0.4, 0.5) is 0 Å². The van der Waals surface area contributed by atoms with E-state index in [1.54, 1.807) is 0 Å². The van der Waals surface area contributed by atoms with Gasteiger partial charge in [-0.05, 0) is 17.9 Å². The molecule has 0 amide bonds. The minimum atomic E-state index is -0.0760. The first-order valence-corrected chi connectivity index (χ1v) is 6.65. The minimum absolute atomic E-state index is 0.0760. The number of aromatic nitrogens is 2. The van der Waals surface area contributed by atoms with Crippen molar-refractivity contribution in [3.63, 3.8) is 0 Å². The molecule has 1 aromatic heterocycles. The summed E-state index contributed by atoms with van der Waals surface area (Å²) in [6.07, 6.45) is 7.85. The molecule has 0 bridgehead atoms. The van der Waals surface area contributed by atoms with E-state index in [1.807, 2.05) is 30.7 Å². The highest BCUT2D eigenvalue weighted by Gasteiger charge is 2.21. The topological polar surface area (TPSA) is 43.8 Å². The number of hydrogen-bond acceptors (Lipinski definition) is 2. The van der Waals surface area contributed by atoms with Crippen molar-refractivity contribution in [3.8, 4) is 0 Å². The first kappa shape index (κ1) is 11.5. The van der Waals surface area contributed by atoms with Crippen molar-refractivity contribution < 1.29 is 0 Å². The van der Waals surface area contributed by atoms with Gasteiger partial charge in [0.1, 0.15) is 0 Å². The molecule has 3 nitrogen and oxygen atoms in total. The van der Waals surface area contributed by atoms with E-state index in [4.69, 9.17) is 5.73 Å². The van der Waals surface area contributed by atoms with Crippen molar-refractivity contribution in [2.24, 2.45) is 11.7 Å². The van der Waals surface area contributed by atoms with E-state index < -0.39 is 0 Å². The fraction of sp³-hybridized carbons (Fsp3) is 0.400. The van der Waals surface area contributed by atoms with Gasteiger partial charge in [-0.15, -0.1) is 0 Å². The highest BCUT2D eigenvalue weighted by Crippen LogP contribution is 2.33. The van der Waals surface area contributed by atoms with Crippen LogP contribution in [0.15, 0.2) is 42.9 Å². The van der Waals surface area contributed by atoms with Gasteiger partial charge in [-0.25, -0.2) is 4.98 Å². The SMILES string of the molecule is NC(c1ccccc1)c1cncn1CCC1CC1. The van der Waals surface area contributed by atoms with E-state index in [0.717, 1.165) is 23.7 Å². The number of benzene rings is 1. The number of nitrogens with two attached hydrogens (primary N) is 1. The van der Waals surface area contributed by atoms with Crippen molar-refractivity contribution in [1.82, 2.24) is 9.55 Å². The normalized spacial score (nSPS) is 16.7. The molecule has 1 aromatic carbocycles. The third kappa shape index (κ3) is 2.46. The molecule has 0 spiro atoms. The van der Waals surface area contributed by atoms with Crippen LogP contribution in [0, 0.1) is 5.92 Å². The molecule has 1 aliphatic rings. The van der Waals surface area contributed by atoms with Gasteiger partial charge in [0.05, 0.1) is 24.3 Å². The standard InChI is InChI=1S/C15H19N3/c16-15(13-4-2-1-3-5-13)14-10-17-11-18(14)9-8-12-6-7-12/h1-5,10-12,15H,6-9,16H2. The number of aryl methyl sites for hydroxylation is 1. The van der Waals surface area contributed by atoms with Gasteiger partial charge in [0.2, 0.25) is 0 Å². The van der Waals surface area contributed by atoms with Crippen LogP contribution in [0.3, 0.4) is 0 Å². The number of imidazole rings is 1. The van der Waals surface area contributed by atoms with Crippen molar-refractivity contribution in [1.29, 1.82) is 0 Å². The second kappa shape index (κ2) is 4.94. The van der Waals surface area contributed by atoms with E-state index in [2.05, 4.69) is 21.7 Å². The Labute approximate surface area is 108 Å². The molecule has 2 N–H and O–H groups in total. The van der Waals surface area contributed by atoms with E-state index in [-0.39, 0.29) is 6.04 Å². The zero-order valence-electron chi connectivity index (χ0n) is 10.5. The maximum absolute atomic E-state index is 6.32. The molecular formula is C15H19N3. The quantitative estimate of drug-likeness (QED) is 0.874. The first-order chi connectivity index (χ1) is 8.84. The summed E-state index contributed by atoms with van der Waals surface area (Å²) < 4.78 is 2.20. The molecule has 0 saturated heterocycles. The van der Waals surface area contributed by atoms with Gasteiger partial charge in [-0.2, -0.15) is 0 Å². The summed E-state index contributed by atoms with van der Waals surface area (Å²) in [7, 11) is 0. The molecule has 1 unspecified atom stereocenters. The molecular weight excluding hydrogens is 222 g/mol. The summed E-state index contributed by atoms with van der Waals surface area (Å²) in [6.45, 7) is 1.04. The Morgan fingerprint density at radius 1 is 1.28 bits per heavy atom. The molecule has 1 heterocycles. The van der Waals surface area contributed by atoms with E-state index in [1.165, 1.54) is 19.3 Å². The molecule has 3 heteroatoms. The number of rotatable bonds is 5. The Balaban J connectivity index is 1.76. The van der Waals surface area contributed by atoms with Crippen LogP contribution >= 0.6 is 0 Å². The fourth-order valence-corrected chi connectivity index (χ4v) is 2.34. The maximum Gasteiger partial charge on any atom is 0.0948 e. The summed E-state index contributed by atoms with van der Waals surface area (Å²) >= 11 is 0. The smallest absolute Gasteiger partial charge is 0.0948 e. The van der Waals surface area contributed by atoms with Crippen molar-refractivity contribution in [3.05, 3.63) is 54.1 Å². The second-order valence-corrected chi connectivity index (χ2v) is 5.13. The van der Waals surface area contributed by atoms with Crippen molar-refractivity contribution in [2.75, 3.05) is 0 Å². The Kier molecular flexibility index (Phi) is 3.15. The lowest BCUT2D eigenvalue weighted by atomic mass is 10.1. The van der Waals surface area contributed by atoms with Gasteiger partial charge in [-0.1, -0.05) is 43.2 Å². The molecule has 18 heavy (non-hydrogen) atoms. The molecule has 94 valence electrons. The Morgan fingerprint density at radius 3 is 2.78 bits per heavy atom. The number of nitrogens with zero attached hydrogens (tertiary/aromatic N) is 2. The lowest BCUT2D eigenvalue weighted by molar-refractivity contribution is 0.567. The third-order valence-electron chi connectivity index (χ3n) is 3.70. The molecule has 3 rings (SSSR count). The highest BCUT2D eigenvalue weighted by atomic mass is 15.1. The van der Waals surface area contributed by atoms with Crippen LogP contribution in [-0.2, 0) is 6.54 Å². The lowest BCUT2D eigenvalue weighted by Crippen LogP contribution is -2.16. The predicted octanol–water partition coefficient (Wildman–Crippen LogP) is 2.73. The van der Waals surface area contributed by atoms with Crippen LogP contribution in [0.2, 0.25) is 0 Å². The molecule has 0 radical (unpaired) electrons. The maximum atomic E-state index is 6.32. The van der Waals surface area contributed by atoms with Gasteiger partial charge in [0, 0.05) is 6.54 Å². The average Bonchev–Trinajstić information content (AvgIpc) is 3.14. The highest BCUT2D eigenvalue weighted by molar-refractivity contribution is 5.26. The van der Waals surface area contributed by atoms with Gasteiger partial charge < -0.3 is 10.3 Å². The Hall–Kier alpha value is -1.61. The van der Waals surface area contributed by atoms with Gasteiger partial charge in [0.15, 0.2) is 0 Å². The second-order valence-electron chi connectivity index (χ2n) is 5.13. The lowest BCUT2D eigenvalue weighted by Gasteiger charge is -2.15. The Bertz CT molecular complexity index is 499. The van der Waals surface area contributed by atoms with E-state index in [0.29, 0.717) is 0 Å². The number of hydrogen-bond donors (Lipinski definition) is 1. The summed E-state index contributed by atoms with van der Waals surface area (Å²) in [6, 6.07) is 10.1. The molecule has 1 fully saturated rings. The van der Waals surface area contributed by atoms with Crippen LogP contribution in [0.5, 0.6) is 0 Å².